The molecule has 1 unspecified atom stereocenters. The first-order valence-corrected chi connectivity index (χ1v) is 7.90. The molecule has 0 aliphatic rings. The van der Waals surface area contributed by atoms with E-state index >= 15 is 0 Å². The third-order valence-corrected chi connectivity index (χ3v) is 3.54. The molecule has 26 heavy (non-hydrogen) atoms. The molecule has 136 valence electrons. The minimum absolute atomic E-state index is 0.0392. The first-order valence-electron chi connectivity index (χ1n) is 7.90. The van der Waals surface area contributed by atoms with Gasteiger partial charge in [-0.3, -0.25) is 30.2 Å². The number of methoxy groups -OCH3 is 1. The van der Waals surface area contributed by atoms with Crippen LogP contribution in [0.3, 0.4) is 0 Å². The highest BCUT2D eigenvalue weighted by Crippen LogP contribution is 2.20. The van der Waals surface area contributed by atoms with Crippen LogP contribution in [-0.2, 0) is 9.59 Å². The summed E-state index contributed by atoms with van der Waals surface area (Å²) in [7, 11) is 1.55. The fraction of sp³-hybridized carbons (Fsp3) is 0.222. The second-order valence-corrected chi connectivity index (χ2v) is 5.47. The molecule has 2 aromatic rings. The van der Waals surface area contributed by atoms with Crippen LogP contribution in [0.2, 0.25) is 0 Å². The number of hydrazine groups is 1. The van der Waals surface area contributed by atoms with Crippen LogP contribution in [0.4, 0.5) is 0 Å². The Morgan fingerprint density at radius 2 is 1.69 bits per heavy atom. The van der Waals surface area contributed by atoms with Gasteiger partial charge in [0, 0.05) is 24.9 Å². The standard InChI is InChI=1S/C18H20N4O4/c1-12(23)20-16(13-3-5-15(26-2)6-4-13)11-17(24)21-22-18(25)14-7-9-19-10-8-14/h3-10,16H,11H2,1-2H3,(H,20,23)(H,21,24)(H,22,25). The van der Waals surface area contributed by atoms with Gasteiger partial charge in [0.1, 0.15) is 5.75 Å². The lowest BCUT2D eigenvalue weighted by molar-refractivity contribution is -0.123. The molecule has 0 spiro atoms. The van der Waals surface area contributed by atoms with Crippen molar-refractivity contribution in [3.8, 4) is 5.75 Å². The predicted octanol–water partition coefficient (Wildman–Crippen LogP) is 1.12. The van der Waals surface area contributed by atoms with Crippen LogP contribution in [0.25, 0.3) is 0 Å². The minimum Gasteiger partial charge on any atom is -0.497 e. The van der Waals surface area contributed by atoms with Gasteiger partial charge in [-0.1, -0.05) is 12.1 Å². The van der Waals surface area contributed by atoms with E-state index in [9.17, 15) is 14.4 Å². The highest BCUT2D eigenvalue weighted by molar-refractivity contribution is 5.95. The zero-order valence-corrected chi connectivity index (χ0v) is 14.5. The van der Waals surface area contributed by atoms with Gasteiger partial charge in [0.15, 0.2) is 0 Å². The third kappa shape index (κ3) is 5.59. The quantitative estimate of drug-likeness (QED) is 0.672. The summed E-state index contributed by atoms with van der Waals surface area (Å²) < 4.78 is 5.10. The predicted molar refractivity (Wildman–Crippen MR) is 94.0 cm³/mol. The van der Waals surface area contributed by atoms with Crippen LogP contribution in [-0.4, -0.2) is 29.8 Å². The van der Waals surface area contributed by atoms with Crippen molar-refractivity contribution in [2.24, 2.45) is 0 Å². The number of benzene rings is 1. The molecule has 1 atom stereocenters. The lowest BCUT2D eigenvalue weighted by atomic mass is 10.0. The van der Waals surface area contributed by atoms with E-state index in [2.05, 4.69) is 21.2 Å². The molecule has 0 saturated heterocycles. The van der Waals surface area contributed by atoms with Crippen molar-refractivity contribution in [1.29, 1.82) is 0 Å². The van der Waals surface area contributed by atoms with Crippen LogP contribution < -0.4 is 20.9 Å². The summed E-state index contributed by atoms with van der Waals surface area (Å²) in [4.78, 5) is 39.3. The molecule has 1 aromatic heterocycles. The third-order valence-electron chi connectivity index (χ3n) is 3.54. The minimum atomic E-state index is -0.531. The SMILES string of the molecule is COc1ccc(C(CC(=O)NNC(=O)c2ccncc2)NC(C)=O)cc1. The normalized spacial score (nSPS) is 11.2. The Hall–Kier alpha value is -3.42. The second kappa shape index (κ2) is 9.16. The Morgan fingerprint density at radius 3 is 2.27 bits per heavy atom. The summed E-state index contributed by atoms with van der Waals surface area (Å²) in [6, 6.07) is 9.54. The molecule has 1 heterocycles. The van der Waals surface area contributed by atoms with Gasteiger partial charge < -0.3 is 10.1 Å². The van der Waals surface area contributed by atoms with Crippen LogP contribution in [0.15, 0.2) is 48.8 Å². The molecule has 3 N–H and O–H groups in total. The van der Waals surface area contributed by atoms with E-state index in [1.165, 1.54) is 31.5 Å². The van der Waals surface area contributed by atoms with Crippen LogP contribution in [0.1, 0.15) is 35.3 Å². The maximum atomic E-state index is 12.2. The fourth-order valence-electron chi connectivity index (χ4n) is 2.27. The molecule has 1 aromatic carbocycles. The molecule has 0 fully saturated rings. The lowest BCUT2D eigenvalue weighted by Gasteiger charge is -2.18. The molecular formula is C18H20N4O4. The first kappa shape index (κ1) is 18.9. The van der Waals surface area contributed by atoms with Gasteiger partial charge in [0.25, 0.3) is 5.91 Å². The van der Waals surface area contributed by atoms with Crippen LogP contribution in [0, 0.1) is 0 Å². The number of pyridine rings is 1. The summed E-state index contributed by atoms with van der Waals surface area (Å²) in [5.74, 6) is -0.493. The van der Waals surface area contributed by atoms with Crippen molar-refractivity contribution in [1.82, 2.24) is 21.2 Å². The summed E-state index contributed by atoms with van der Waals surface area (Å²) in [5, 5.41) is 2.72. The number of hydrogen-bond donors (Lipinski definition) is 3. The number of carbonyl (C=O) groups excluding carboxylic acids is 3. The Kier molecular flexibility index (Phi) is 6.67. The second-order valence-electron chi connectivity index (χ2n) is 5.47. The zero-order valence-electron chi connectivity index (χ0n) is 14.5. The van der Waals surface area contributed by atoms with E-state index in [0.29, 0.717) is 11.3 Å². The smallest absolute Gasteiger partial charge is 0.269 e. The van der Waals surface area contributed by atoms with Gasteiger partial charge in [0.2, 0.25) is 11.8 Å². The Morgan fingerprint density at radius 1 is 1.04 bits per heavy atom. The van der Waals surface area contributed by atoms with Gasteiger partial charge in [0.05, 0.1) is 19.6 Å². The Balaban J connectivity index is 1.97. The molecule has 3 amide bonds. The highest BCUT2D eigenvalue weighted by atomic mass is 16.5. The van der Waals surface area contributed by atoms with Gasteiger partial charge in [-0.05, 0) is 29.8 Å². The van der Waals surface area contributed by atoms with E-state index in [-0.39, 0.29) is 12.3 Å². The van der Waals surface area contributed by atoms with Gasteiger partial charge in [-0.2, -0.15) is 0 Å². The number of amides is 3. The van der Waals surface area contributed by atoms with Crippen molar-refractivity contribution < 1.29 is 19.1 Å². The molecule has 8 heteroatoms. The number of nitrogens with one attached hydrogen (secondary N) is 3. The number of nitrogens with zero attached hydrogens (tertiary/aromatic N) is 1. The van der Waals surface area contributed by atoms with E-state index < -0.39 is 17.9 Å². The number of hydrogen-bond acceptors (Lipinski definition) is 5. The van der Waals surface area contributed by atoms with Crippen molar-refractivity contribution in [3.63, 3.8) is 0 Å². The average Bonchev–Trinajstić information content (AvgIpc) is 2.66. The van der Waals surface area contributed by atoms with Crippen molar-refractivity contribution >= 4 is 17.7 Å². The average molecular weight is 356 g/mol. The molecule has 8 nitrogen and oxygen atoms in total. The van der Waals surface area contributed by atoms with Crippen molar-refractivity contribution in [2.75, 3.05) is 7.11 Å². The number of carbonyl (C=O) groups is 3. The molecule has 0 radical (unpaired) electrons. The highest BCUT2D eigenvalue weighted by Gasteiger charge is 2.18. The van der Waals surface area contributed by atoms with Crippen LogP contribution in [0.5, 0.6) is 5.75 Å². The summed E-state index contributed by atoms with van der Waals surface area (Å²) >= 11 is 0. The topological polar surface area (TPSA) is 109 Å². The molecule has 2 rings (SSSR count). The molecule has 0 aliphatic heterocycles. The number of aromatic nitrogens is 1. The summed E-state index contributed by atoms with van der Waals surface area (Å²) in [6.45, 7) is 1.37. The van der Waals surface area contributed by atoms with Gasteiger partial charge in [-0.15, -0.1) is 0 Å². The number of rotatable bonds is 6. The molecular weight excluding hydrogens is 336 g/mol. The first-order chi connectivity index (χ1) is 12.5. The largest absolute Gasteiger partial charge is 0.497 e. The Bertz CT molecular complexity index is 763. The van der Waals surface area contributed by atoms with Crippen molar-refractivity contribution in [2.45, 2.75) is 19.4 Å². The van der Waals surface area contributed by atoms with Gasteiger partial charge in [-0.25, -0.2) is 0 Å². The summed E-state index contributed by atoms with van der Waals surface area (Å²) in [5.41, 5.74) is 5.79. The van der Waals surface area contributed by atoms with E-state index in [1.54, 1.807) is 31.4 Å². The molecule has 0 bridgehead atoms. The monoisotopic (exact) mass is 356 g/mol. The molecule has 0 aliphatic carbocycles. The number of ether oxygens (including phenoxy) is 1. The molecule has 0 saturated carbocycles. The summed E-state index contributed by atoms with van der Waals surface area (Å²) in [6.07, 6.45) is 2.92. The fourth-order valence-corrected chi connectivity index (χ4v) is 2.27. The van der Waals surface area contributed by atoms with Crippen LogP contribution >= 0.6 is 0 Å². The van der Waals surface area contributed by atoms with E-state index in [1.807, 2.05) is 0 Å². The Labute approximate surface area is 150 Å². The van der Waals surface area contributed by atoms with Crippen molar-refractivity contribution in [3.05, 3.63) is 59.9 Å². The lowest BCUT2D eigenvalue weighted by Crippen LogP contribution is -2.43. The van der Waals surface area contributed by atoms with Gasteiger partial charge >= 0.3 is 0 Å². The van der Waals surface area contributed by atoms with E-state index in [4.69, 9.17) is 4.74 Å². The maximum absolute atomic E-state index is 12.2. The van der Waals surface area contributed by atoms with E-state index in [0.717, 1.165) is 5.56 Å². The maximum Gasteiger partial charge on any atom is 0.269 e. The zero-order chi connectivity index (χ0) is 18.9.